The minimum atomic E-state index is -4.94. The van der Waals surface area contributed by atoms with Crippen molar-refractivity contribution in [3.05, 3.63) is 68.6 Å². The summed E-state index contributed by atoms with van der Waals surface area (Å²) >= 11 is 6.99. The maximum atomic E-state index is 8.49. The fourth-order valence-corrected chi connectivity index (χ4v) is 2.98. The van der Waals surface area contributed by atoms with E-state index in [-0.39, 0.29) is 16.5 Å². The Hall–Kier alpha value is 0.0735. The minimum Gasteiger partial charge on any atom is -0.311 e. The molecule has 0 amide bonds. The largest absolute Gasteiger partial charge is 2.00 e. The Kier molecular flexibility index (Phi) is 18.7. The van der Waals surface area contributed by atoms with Gasteiger partial charge in [-0.15, -0.1) is 20.5 Å². The van der Waals surface area contributed by atoms with Crippen LogP contribution in [0.5, 0.6) is 0 Å². The summed E-state index contributed by atoms with van der Waals surface area (Å²) in [5.74, 6) is 0. The molecule has 32 heavy (non-hydrogen) atoms. The predicted octanol–water partition coefficient (Wildman–Crippen LogP) is -5.03. The van der Waals surface area contributed by atoms with Crippen molar-refractivity contribution < 1.29 is 74.2 Å². The van der Waals surface area contributed by atoms with Crippen LogP contribution in [0.2, 0.25) is 0 Å². The van der Waals surface area contributed by atoms with Gasteiger partial charge in [-0.2, -0.15) is 0 Å². The first-order valence-corrected chi connectivity index (χ1v) is 12.4. The fraction of sp³-hybridized carbons (Fsp3) is 0.294. The second-order valence-electron chi connectivity index (χ2n) is 5.93. The van der Waals surface area contributed by atoms with Gasteiger partial charge in [0.25, 0.3) is 0 Å². The molecule has 0 aromatic heterocycles. The standard InChI is InChI=1S/C17H20Br2N2.2ClHO4.Ni/c1-13(21-12-15-5-3-7-17(19)9-15)10-20-11-14-4-2-6-16(18)8-14;2*2-1(3,4)5;/h2-9,13,20-21H,10-12H2,1H3;2*(H,2,3,4,5);/q;;;+2/p-2. The third-order valence-corrected chi connectivity index (χ3v) is 4.20. The van der Waals surface area contributed by atoms with Crippen LogP contribution in [0.25, 0.3) is 0 Å². The molecule has 10 nitrogen and oxygen atoms in total. The molecule has 15 heteroatoms. The van der Waals surface area contributed by atoms with Crippen molar-refractivity contribution in [3.8, 4) is 0 Å². The minimum absolute atomic E-state index is 0. The van der Waals surface area contributed by atoms with Crippen molar-refractivity contribution in [2.24, 2.45) is 0 Å². The van der Waals surface area contributed by atoms with E-state index < -0.39 is 20.5 Å². The molecular formula is C17H20Br2Cl2N2NiO8. The molecule has 0 bridgehead atoms. The Bertz CT molecular complexity index is 746. The first kappa shape index (κ1) is 34.2. The quantitative estimate of drug-likeness (QED) is 0.268. The van der Waals surface area contributed by atoms with Gasteiger partial charge in [-0.25, -0.2) is 37.3 Å². The van der Waals surface area contributed by atoms with Gasteiger partial charge >= 0.3 is 16.5 Å². The zero-order chi connectivity index (χ0) is 24.1. The Morgan fingerprint density at radius 3 is 1.50 bits per heavy atom. The van der Waals surface area contributed by atoms with Crippen LogP contribution >= 0.6 is 31.9 Å². The van der Waals surface area contributed by atoms with Gasteiger partial charge < -0.3 is 10.6 Å². The number of hydrogen-bond donors (Lipinski definition) is 2. The number of nitrogens with one attached hydrogen (secondary N) is 2. The zero-order valence-electron chi connectivity index (χ0n) is 16.4. The van der Waals surface area contributed by atoms with Crippen molar-refractivity contribution in [2.45, 2.75) is 26.1 Å². The molecule has 1 unspecified atom stereocenters. The van der Waals surface area contributed by atoms with E-state index in [1.165, 1.54) is 11.1 Å². The van der Waals surface area contributed by atoms with E-state index in [9.17, 15) is 0 Å². The van der Waals surface area contributed by atoms with Gasteiger partial charge in [0, 0.05) is 34.6 Å². The van der Waals surface area contributed by atoms with Crippen LogP contribution in [0, 0.1) is 20.5 Å². The molecule has 0 heterocycles. The van der Waals surface area contributed by atoms with E-state index in [0.717, 1.165) is 28.6 Å². The summed E-state index contributed by atoms with van der Waals surface area (Å²) in [6, 6.07) is 17.2. The van der Waals surface area contributed by atoms with E-state index in [2.05, 4.69) is 85.8 Å². The molecule has 0 aliphatic carbocycles. The summed E-state index contributed by atoms with van der Waals surface area (Å²) in [7, 11) is -9.89. The van der Waals surface area contributed by atoms with Crippen LogP contribution in [-0.4, -0.2) is 12.6 Å². The average Bonchev–Trinajstić information content (AvgIpc) is 2.57. The normalized spacial score (nSPS) is 11.8. The molecule has 2 N–H and O–H groups in total. The second kappa shape index (κ2) is 17.5. The van der Waals surface area contributed by atoms with Gasteiger partial charge in [-0.1, -0.05) is 56.1 Å². The van der Waals surface area contributed by atoms with Gasteiger partial charge in [-0.3, -0.25) is 0 Å². The third-order valence-electron chi connectivity index (χ3n) is 3.21. The van der Waals surface area contributed by atoms with Gasteiger partial charge in [-0.05, 0) is 42.3 Å². The van der Waals surface area contributed by atoms with Crippen molar-refractivity contribution >= 4 is 31.9 Å². The predicted molar refractivity (Wildman–Crippen MR) is 96.3 cm³/mol. The summed E-state index contributed by atoms with van der Waals surface area (Å²) in [6.07, 6.45) is 0. The van der Waals surface area contributed by atoms with E-state index in [4.69, 9.17) is 37.3 Å². The average molecular weight is 670 g/mol. The van der Waals surface area contributed by atoms with E-state index in [1.807, 2.05) is 12.1 Å². The molecular weight excluding hydrogens is 650 g/mol. The number of halogens is 4. The summed E-state index contributed by atoms with van der Waals surface area (Å²) in [5.41, 5.74) is 2.59. The Balaban J connectivity index is 0. The Labute approximate surface area is 216 Å². The molecule has 0 radical (unpaired) electrons. The zero-order valence-corrected chi connectivity index (χ0v) is 22.1. The van der Waals surface area contributed by atoms with Crippen LogP contribution in [-0.2, 0) is 29.6 Å². The first-order valence-electron chi connectivity index (χ1n) is 8.30. The molecule has 0 saturated heterocycles. The van der Waals surface area contributed by atoms with Gasteiger partial charge in [0.15, 0.2) is 0 Å². The van der Waals surface area contributed by atoms with Crippen LogP contribution < -0.4 is 47.9 Å². The molecule has 0 aliphatic heterocycles. The molecule has 0 saturated carbocycles. The number of benzene rings is 2. The summed E-state index contributed by atoms with van der Waals surface area (Å²) < 4.78 is 70.2. The van der Waals surface area contributed by atoms with Crippen LogP contribution in [0.3, 0.4) is 0 Å². The number of hydrogen-bond acceptors (Lipinski definition) is 10. The van der Waals surface area contributed by atoms with Crippen LogP contribution in [0.1, 0.15) is 18.1 Å². The second-order valence-corrected chi connectivity index (χ2v) is 9.27. The maximum Gasteiger partial charge on any atom is 2.00 e. The molecule has 2 rings (SSSR count). The van der Waals surface area contributed by atoms with E-state index in [1.54, 1.807) is 0 Å². The van der Waals surface area contributed by atoms with Gasteiger partial charge in [0.05, 0.1) is 0 Å². The number of rotatable bonds is 7. The van der Waals surface area contributed by atoms with Crippen molar-refractivity contribution in [1.29, 1.82) is 0 Å². The Morgan fingerprint density at radius 2 is 1.12 bits per heavy atom. The SMILES string of the molecule is CC(CNCc1cccc(Br)c1)NCc1cccc(Br)c1.[Ni+2].[O-][Cl+3]([O-])([O-])[O-].[O-][Cl+3]([O-])([O-])[O-]. The Morgan fingerprint density at radius 1 is 0.750 bits per heavy atom. The third kappa shape index (κ3) is 26.3. The molecule has 184 valence electrons. The molecule has 0 fully saturated rings. The monoisotopic (exact) mass is 666 g/mol. The molecule has 2 aromatic carbocycles. The maximum absolute atomic E-state index is 8.49. The topological polar surface area (TPSA) is 209 Å². The van der Waals surface area contributed by atoms with Crippen LogP contribution in [0.15, 0.2) is 57.5 Å². The molecule has 1 atom stereocenters. The molecule has 0 spiro atoms. The van der Waals surface area contributed by atoms with Crippen molar-refractivity contribution in [2.75, 3.05) is 6.54 Å². The van der Waals surface area contributed by atoms with Crippen molar-refractivity contribution in [1.82, 2.24) is 10.6 Å². The van der Waals surface area contributed by atoms with E-state index in [0.29, 0.717) is 6.04 Å². The fourth-order valence-electron chi connectivity index (χ4n) is 2.09. The molecule has 0 aliphatic rings. The van der Waals surface area contributed by atoms with E-state index >= 15 is 0 Å². The summed E-state index contributed by atoms with van der Waals surface area (Å²) in [6.45, 7) is 4.92. The first-order chi connectivity index (χ1) is 14.1. The molecule has 2 aromatic rings. The smallest absolute Gasteiger partial charge is 0.311 e. The summed E-state index contributed by atoms with van der Waals surface area (Å²) in [5, 5.41) is 7.01. The van der Waals surface area contributed by atoms with Gasteiger partial charge in [0.2, 0.25) is 0 Å². The van der Waals surface area contributed by atoms with Crippen molar-refractivity contribution in [3.63, 3.8) is 0 Å². The van der Waals surface area contributed by atoms with Crippen LogP contribution in [0.4, 0.5) is 0 Å². The van der Waals surface area contributed by atoms with Gasteiger partial charge in [0.1, 0.15) is 0 Å². The summed E-state index contributed by atoms with van der Waals surface area (Å²) in [4.78, 5) is 0.